The summed E-state index contributed by atoms with van der Waals surface area (Å²) >= 11 is 0. The lowest BCUT2D eigenvalue weighted by molar-refractivity contribution is 0.325. The molecule has 0 N–H and O–H groups in total. The molecule has 0 aromatic rings. The Hall–Kier alpha value is -0.980. The molecule has 0 saturated carbocycles. The van der Waals surface area contributed by atoms with Gasteiger partial charge >= 0.3 is 0 Å². The average molecular weight is 247 g/mol. The molecule has 0 aromatic heterocycles. The van der Waals surface area contributed by atoms with Gasteiger partial charge in [0.2, 0.25) is 0 Å². The first-order valence-electron chi connectivity index (χ1n) is 7.37. The van der Waals surface area contributed by atoms with E-state index in [0.717, 1.165) is 25.4 Å². The van der Waals surface area contributed by atoms with Crippen molar-refractivity contribution < 1.29 is 0 Å². The molecule has 1 nitrogen and oxygen atoms in total. The molecule has 18 heavy (non-hydrogen) atoms. The molecule has 1 unspecified atom stereocenters. The van der Waals surface area contributed by atoms with E-state index in [9.17, 15) is 0 Å². The van der Waals surface area contributed by atoms with Crippen molar-refractivity contribution in [1.82, 2.24) is 4.90 Å². The summed E-state index contributed by atoms with van der Waals surface area (Å²) in [6.07, 6.45) is 14.2. The van der Waals surface area contributed by atoms with E-state index in [1.54, 1.807) is 0 Å². The summed E-state index contributed by atoms with van der Waals surface area (Å²) in [4.78, 5) is 2.42. The van der Waals surface area contributed by atoms with E-state index in [4.69, 9.17) is 0 Å². The number of rotatable bonds is 7. The normalized spacial score (nSPS) is 19.7. The highest BCUT2D eigenvalue weighted by molar-refractivity contribution is 5.02. The number of allylic oxidation sites excluding steroid dienone is 4. The Morgan fingerprint density at radius 3 is 2.78 bits per heavy atom. The van der Waals surface area contributed by atoms with Crippen LogP contribution >= 0.6 is 0 Å². The van der Waals surface area contributed by atoms with Gasteiger partial charge in [0.25, 0.3) is 0 Å². The van der Waals surface area contributed by atoms with Crippen molar-refractivity contribution in [2.24, 2.45) is 11.8 Å². The standard InChI is InChI=1S/C17H29N/c1-5-16(4)18(14-15(2)3)13-9-12-17-10-7-6-8-11-17/h6-7,9,12,15,17H,4-5,8,10-11,13-14H2,1-3H3/b12-9+. The molecule has 1 aliphatic carbocycles. The third-order valence-corrected chi connectivity index (χ3v) is 3.48. The van der Waals surface area contributed by atoms with Gasteiger partial charge < -0.3 is 4.90 Å². The van der Waals surface area contributed by atoms with Crippen LogP contribution in [-0.2, 0) is 0 Å². The molecule has 1 atom stereocenters. The third kappa shape index (κ3) is 5.57. The second-order valence-electron chi connectivity index (χ2n) is 5.69. The fourth-order valence-electron chi connectivity index (χ4n) is 2.37. The maximum absolute atomic E-state index is 4.17. The fourth-order valence-corrected chi connectivity index (χ4v) is 2.37. The molecular formula is C17H29N. The fraction of sp³-hybridized carbons (Fsp3) is 0.647. The minimum atomic E-state index is 0.694. The van der Waals surface area contributed by atoms with Crippen molar-refractivity contribution >= 4 is 0 Å². The van der Waals surface area contributed by atoms with Crippen molar-refractivity contribution in [1.29, 1.82) is 0 Å². The zero-order valence-corrected chi connectivity index (χ0v) is 12.4. The van der Waals surface area contributed by atoms with Gasteiger partial charge in [-0.2, -0.15) is 0 Å². The highest BCUT2D eigenvalue weighted by Crippen LogP contribution is 2.19. The van der Waals surface area contributed by atoms with E-state index in [0.29, 0.717) is 5.92 Å². The smallest absolute Gasteiger partial charge is 0.0356 e. The van der Waals surface area contributed by atoms with Gasteiger partial charge in [0, 0.05) is 18.8 Å². The van der Waals surface area contributed by atoms with Gasteiger partial charge in [0.1, 0.15) is 0 Å². The Kier molecular flexibility index (Phi) is 6.85. The zero-order chi connectivity index (χ0) is 13.4. The van der Waals surface area contributed by atoms with E-state index in [-0.39, 0.29) is 0 Å². The quantitative estimate of drug-likeness (QED) is 0.585. The second-order valence-corrected chi connectivity index (χ2v) is 5.69. The molecule has 0 aromatic carbocycles. The predicted octanol–water partition coefficient (Wildman–Crippen LogP) is 4.78. The first-order chi connectivity index (χ1) is 8.63. The summed E-state index contributed by atoms with van der Waals surface area (Å²) in [6, 6.07) is 0. The first-order valence-corrected chi connectivity index (χ1v) is 7.37. The SMILES string of the molecule is C=C(CC)N(C/C=C/C1CC=CCC1)CC(C)C. The highest BCUT2D eigenvalue weighted by atomic mass is 15.1. The molecule has 0 aliphatic heterocycles. The molecule has 0 heterocycles. The van der Waals surface area contributed by atoms with E-state index in [2.05, 4.69) is 56.6 Å². The van der Waals surface area contributed by atoms with E-state index >= 15 is 0 Å². The molecule has 0 radical (unpaired) electrons. The third-order valence-electron chi connectivity index (χ3n) is 3.48. The predicted molar refractivity (Wildman–Crippen MR) is 81.5 cm³/mol. The zero-order valence-electron chi connectivity index (χ0n) is 12.4. The maximum Gasteiger partial charge on any atom is 0.0356 e. The van der Waals surface area contributed by atoms with Crippen LogP contribution in [0.5, 0.6) is 0 Å². The van der Waals surface area contributed by atoms with E-state index in [1.807, 2.05) is 0 Å². The number of hydrogen-bond acceptors (Lipinski definition) is 1. The molecule has 0 fully saturated rings. The van der Waals surface area contributed by atoms with Crippen molar-refractivity contribution in [2.45, 2.75) is 46.5 Å². The monoisotopic (exact) mass is 247 g/mol. The molecule has 1 aliphatic rings. The van der Waals surface area contributed by atoms with Crippen LogP contribution in [-0.4, -0.2) is 18.0 Å². The van der Waals surface area contributed by atoms with Crippen LogP contribution in [0.15, 0.2) is 36.6 Å². The van der Waals surface area contributed by atoms with E-state index < -0.39 is 0 Å². The van der Waals surface area contributed by atoms with Gasteiger partial charge in [-0.3, -0.25) is 0 Å². The van der Waals surface area contributed by atoms with Crippen LogP contribution in [0.1, 0.15) is 46.5 Å². The van der Waals surface area contributed by atoms with Crippen molar-refractivity contribution in [2.75, 3.05) is 13.1 Å². The van der Waals surface area contributed by atoms with Gasteiger partial charge in [-0.05, 0) is 37.5 Å². The molecule has 0 bridgehead atoms. The molecule has 0 saturated heterocycles. The molecule has 102 valence electrons. The molecule has 1 rings (SSSR count). The Labute approximate surface area is 113 Å². The summed E-state index contributed by atoms with van der Waals surface area (Å²) in [7, 11) is 0. The average Bonchev–Trinajstić information content (AvgIpc) is 2.37. The summed E-state index contributed by atoms with van der Waals surface area (Å²) in [5.41, 5.74) is 1.26. The Morgan fingerprint density at radius 1 is 1.44 bits per heavy atom. The lowest BCUT2D eigenvalue weighted by Gasteiger charge is -2.27. The number of hydrogen-bond donors (Lipinski definition) is 0. The van der Waals surface area contributed by atoms with Crippen LogP contribution in [0.2, 0.25) is 0 Å². The van der Waals surface area contributed by atoms with Gasteiger partial charge in [0.05, 0.1) is 0 Å². The molecule has 1 heteroatoms. The molecule has 0 amide bonds. The highest BCUT2D eigenvalue weighted by Gasteiger charge is 2.08. The van der Waals surface area contributed by atoms with Gasteiger partial charge in [-0.1, -0.05) is 51.7 Å². The topological polar surface area (TPSA) is 3.24 Å². The van der Waals surface area contributed by atoms with Gasteiger partial charge in [-0.25, -0.2) is 0 Å². The summed E-state index contributed by atoms with van der Waals surface area (Å²) in [5.74, 6) is 1.45. The first kappa shape index (κ1) is 15.1. The number of nitrogens with zero attached hydrogens (tertiary/aromatic N) is 1. The van der Waals surface area contributed by atoms with Crippen molar-refractivity contribution in [3.8, 4) is 0 Å². The van der Waals surface area contributed by atoms with Crippen LogP contribution in [0.3, 0.4) is 0 Å². The Bertz CT molecular complexity index is 299. The van der Waals surface area contributed by atoms with Crippen LogP contribution in [0.4, 0.5) is 0 Å². The van der Waals surface area contributed by atoms with Crippen LogP contribution in [0, 0.1) is 11.8 Å². The van der Waals surface area contributed by atoms with E-state index in [1.165, 1.54) is 25.0 Å². The van der Waals surface area contributed by atoms with Gasteiger partial charge in [-0.15, -0.1) is 0 Å². The summed E-state index contributed by atoms with van der Waals surface area (Å²) in [6.45, 7) is 13.0. The largest absolute Gasteiger partial charge is 0.371 e. The minimum Gasteiger partial charge on any atom is -0.371 e. The minimum absolute atomic E-state index is 0.694. The lowest BCUT2D eigenvalue weighted by Crippen LogP contribution is -2.26. The second kappa shape index (κ2) is 8.18. The van der Waals surface area contributed by atoms with Crippen LogP contribution < -0.4 is 0 Å². The molecule has 0 spiro atoms. The van der Waals surface area contributed by atoms with Crippen LogP contribution in [0.25, 0.3) is 0 Å². The summed E-state index contributed by atoms with van der Waals surface area (Å²) in [5, 5.41) is 0. The summed E-state index contributed by atoms with van der Waals surface area (Å²) < 4.78 is 0. The lowest BCUT2D eigenvalue weighted by atomic mass is 9.94. The van der Waals surface area contributed by atoms with Gasteiger partial charge in [0.15, 0.2) is 0 Å². The maximum atomic E-state index is 4.17. The van der Waals surface area contributed by atoms with Crippen molar-refractivity contribution in [3.05, 3.63) is 36.6 Å². The van der Waals surface area contributed by atoms with Crippen molar-refractivity contribution in [3.63, 3.8) is 0 Å². The molecular weight excluding hydrogens is 218 g/mol. The Balaban J connectivity index is 2.42. The Morgan fingerprint density at radius 2 is 2.22 bits per heavy atom.